The molecule has 0 aliphatic carbocycles. The maximum atomic E-state index is 5.16. The molecule has 0 amide bonds. The molecule has 0 aliphatic rings. The first-order valence-corrected chi connectivity index (χ1v) is 4.32. The predicted molar refractivity (Wildman–Crippen MR) is 61.1 cm³/mol. The van der Waals surface area contributed by atoms with E-state index in [1.807, 2.05) is 24.3 Å². The lowest BCUT2D eigenvalue weighted by molar-refractivity contribution is 1.33. The molecule has 1 aromatic carbocycles. The standard InChI is InChI=1S/C12H12N2/c1-3-9-13-11-7-5-6-8-12(11)14-10-4-2/h1-2,5-8,13-14H,9-10H2. The first-order valence-electron chi connectivity index (χ1n) is 4.32. The van der Waals surface area contributed by atoms with E-state index in [1.54, 1.807) is 0 Å². The van der Waals surface area contributed by atoms with Crippen LogP contribution in [0.15, 0.2) is 24.3 Å². The van der Waals surface area contributed by atoms with Gasteiger partial charge < -0.3 is 10.6 Å². The van der Waals surface area contributed by atoms with Gasteiger partial charge in [-0.25, -0.2) is 0 Å². The van der Waals surface area contributed by atoms with Gasteiger partial charge in [-0.05, 0) is 12.1 Å². The van der Waals surface area contributed by atoms with Crippen LogP contribution in [-0.4, -0.2) is 13.1 Å². The second-order valence-electron chi connectivity index (χ2n) is 2.66. The summed E-state index contributed by atoms with van der Waals surface area (Å²) in [6, 6.07) is 7.80. The van der Waals surface area contributed by atoms with Crippen LogP contribution in [-0.2, 0) is 0 Å². The molecule has 1 aromatic rings. The summed E-state index contributed by atoms with van der Waals surface area (Å²) < 4.78 is 0. The molecular weight excluding hydrogens is 172 g/mol. The van der Waals surface area contributed by atoms with Gasteiger partial charge in [-0.3, -0.25) is 0 Å². The van der Waals surface area contributed by atoms with E-state index in [4.69, 9.17) is 12.8 Å². The van der Waals surface area contributed by atoms with Crippen molar-refractivity contribution in [1.82, 2.24) is 0 Å². The normalized spacial score (nSPS) is 8.43. The Kier molecular flexibility index (Phi) is 3.98. The van der Waals surface area contributed by atoms with E-state index in [2.05, 4.69) is 22.5 Å². The fourth-order valence-electron chi connectivity index (χ4n) is 1.08. The summed E-state index contributed by atoms with van der Waals surface area (Å²) in [5.41, 5.74) is 1.95. The summed E-state index contributed by atoms with van der Waals surface area (Å²) in [4.78, 5) is 0. The van der Waals surface area contributed by atoms with Crippen molar-refractivity contribution in [3.63, 3.8) is 0 Å². The lowest BCUT2D eigenvalue weighted by atomic mass is 10.2. The first kappa shape index (κ1) is 10.0. The molecule has 2 nitrogen and oxygen atoms in total. The van der Waals surface area contributed by atoms with E-state index in [1.165, 1.54) is 0 Å². The monoisotopic (exact) mass is 184 g/mol. The molecule has 14 heavy (non-hydrogen) atoms. The molecule has 1 rings (SSSR count). The Labute approximate surface area is 84.7 Å². The van der Waals surface area contributed by atoms with Crippen molar-refractivity contribution in [3.8, 4) is 24.7 Å². The summed E-state index contributed by atoms with van der Waals surface area (Å²) in [7, 11) is 0. The van der Waals surface area contributed by atoms with Crippen LogP contribution in [0.25, 0.3) is 0 Å². The number of nitrogens with one attached hydrogen (secondary N) is 2. The number of benzene rings is 1. The lowest BCUT2D eigenvalue weighted by Crippen LogP contribution is -2.05. The zero-order chi connectivity index (χ0) is 10.2. The maximum absolute atomic E-state index is 5.16. The van der Waals surface area contributed by atoms with Gasteiger partial charge in [-0.2, -0.15) is 0 Å². The van der Waals surface area contributed by atoms with E-state index < -0.39 is 0 Å². The van der Waals surface area contributed by atoms with Crippen LogP contribution in [0.3, 0.4) is 0 Å². The first-order chi connectivity index (χ1) is 6.88. The highest BCUT2D eigenvalue weighted by atomic mass is 14.9. The van der Waals surface area contributed by atoms with Gasteiger partial charge in [0.15, 0.2) is 0 Å². The van der Waals surface area contributed by atoms with Crippen molar-refractivity contribution in [2.45, 2.75) is 0 Å². The van der Waals surface area contributed by atoms with E-state index >= 15 is 0 Å². The largest absolute Gasteiger partial charge is 0.372 e. The summed E-state index contributed by atoms with van der Waals surface area (Å²) >= 11 is 0. The number of hydrogen-bond donors (Lipinski definition) is 2. The topological polar surface area (TPSA) is 24.1 Å². The molecule has 2 heteroatoms. The Bertz CT molecular complexity index is 332. The van der Waals surface area contributed by atoms with Gasteiger partial charge in [0.25, 0.3) is 0 Å². The minimum absolute atomic E-state index is 0.509. The van der Waals surface area contributed by atoms with Gasteiger partial charge in [0.1, 0.15) is 0 Å². The molecule has 0 aliphatic heterocycles. The molecule has 70 valence electrons. The van der Waals surface area contributed by atoms with E-state index in [0.29, 0.717) is 13.1 Å². The van der Waals surface area contributed by atoms with Crippen molar-refractivity contribution in [2.75, 3.05) is 23.7 Å². The average Bonchev–Trinajstić information content (AvgIpc) is 2.24. The van der Waals surface area contributed by atoms with Crippen molar-refractivity contribution in [1.29, 1.82) is 0 Å². The summed E-state index contributed by atoms with van der Waals surface area (Å²) in [6.45, 7) is 1.02. The number of rotatable bonds is 4. The average molecular weight is 184 g/mol. The molecule has 0 aromatic heterocycles. The second kappa shape index (κ2) is 5.56. The van der Waals surface area contributed by atoms with Crippen LogP contribution < -0.4 is 10.6 Å². The Balaban J connectivity index is 2.71. The van der Waals surface area contributed by atoms with Gasteiger partial charge in [-0.15, -0.1) is 12.8 Å². The molecule has 0 heterocycles. The minimum Gasteiger partial charge on any atom is -0.372 e. The number of terminal acetylenes is 2. The van der Waals surface area contributed by atoms with Crippen molar-refractivity contribution in [2.24, 2.45) is 0 Å². The minimum atomic E-state index is 0.509. The summed E-state index contributed by atoms with van der Waals surface area (Å²) in [5, 5.41) is 6.21. The van der Waals surface area contributed by atoms with Crippen LogP contribution in [0.2, 0.25) is 0 Å². The SMILES string of the molecule is C#CCNc1ccccc1NCC#C. The molecule has 0 saturated carbocycles. The van der Waals surface area contributed by atoms with Gasteiger partial charge in [0, 0.05) is 0 Å². The zero-order valence-electron chi connectivity index (χ0n) is 7.88. The van der Waals surface area contributed by atoms with E-state index in [9.17, 15) is 0 Å². The van der Waals surface area contributed by atoms with Crippen molar-refractivity contribution in [3.05, 3.63) is 24.3 Å². The van der Waals surface area contributed by atoms with Gasteiger partial charge in [0.05, 0.1) is 24.5 Å². The number of hydrogen-bond acceptors (Lipinski definition) is 2. The number of anilines is 2. The fourth-order valence-corrected chi connectivity index (χ4v) is 1.08. The molecule has 0 spiro atoms. The van der Waals surface area contributed by atoms with Crippen molar-refractivity contribution < 1.29 is 0 Å². The predicted octanol–water partition coefficient (Wildman–Crippen LogP) is 1.78. The summed E-state index contributed by atoms with van der Waals surface area (Å²) in [6.07, 6.45) is 10.3. The third-order valence-corrected chi connectivity index (χ3v) is 1.69. The third-order valence-electron chi connectivity index (χ3n) is 1.69. The Morgan fingerprint density at radius 2 is 1.36 bits per heavy atom. The smallest absolute Gasteiger partial charge is 0.0764 e. The van der Waals surface area contributed by atoms with Crippen molar-refractivity contribution >= 4 is 11.4 Å². The second-order valence-corrected chi connectivity index (χ2v) is 2.66. The molecular formula is C12H12N2. The quantitative estimate of drug-likeness (QED) is 0.697. The third kappa shape index (κ3) is 2.77. The molecule has 0 radical (unpaired) electrons. The van der Waals surface area contributed by atoms with E-state index in [-0.39, 0.29) is 0 Å². The van der Waals surface area contributed by atoms with Crippen LogP contribution in [0, 0.1) is 24.7 Å². The highest BCUT2D eigenvalue weighted by Gasteiger charge is 1.97. The summed E-state index contributed by atoms with van der Waals surface area (Å²) in [5.74, 6) is 5.04. The lowest BCUT2D eigenvalue weighted by Gasteiger charge is -2.10. The molecule has 0 bridgehead atoms. The van der Waals surface area contributed by atoms with E-state index in [0.717, 1.165) is 11.4 Å². The van der Waals surface area contributed by atoms with Gasteiger partial charge in [0.2, 0.25) is 0 Å². The van der Waals surface area contributed by atoms with Crippen LogP contribution in [0.5, 0.6) is 0 Å². The molecule has 0 fully saturated rings. The zero-order valence-corrected chi connectivity index (χ0v) is 7.88. The highest BCUT2D eigenvalue weighted by Crippen LogP contribution is 2.19. The molecule has 0 saturated heterocycles. The Morgan fingerprint density at radius 1 is 0.929 bits per heavy atom. The number of para-hydroxylation sites is 2. The molecule has 0 atom stereocenters. The van der Waals surface area contributed by atoms with Crippen LogP contribution >= 0.6 is 0 Å². The Hall–Kier alpha value is -2.06. The fraction of sp³-hybridized carbons (Fsp3) is 0.167. The van der Waals surface area contributed by atoms with Crippen LogP contribution in [0.4, 0.5) is 11.4 Å². The van der Waals surface area contributed by atoms with Crippen LogP contribution in [0.1, 0.15) is 0 Å². The highest BCUT2D eigenvalue weighted by molar-refractivity contribution is 5.69. The molecule has 2 N–H and O–H groups in total. The molecule has 0 unspecified atom stereocenters. The van der Waals surface area contributed by atoms with Gasteiger partial charge in [-0.1, -0.05) is 24.0 Å². The Morgan fingerprint density at radius 3 is 1.71 bits per heavy atom. The maximum Gasteiger partial charge on any atom is 0.0764 e. The van der Waals surface area contributed by atoms with Gasteiger partial charge >= 0.3 is 0 Å².